The lowest BCUT2D eigenvalue weighted by molar-refractivity contribution is -0.137. The number of amides is 1. The molecule has 1 saturated carbocycles. The van der Waals surface area contributed by atoms with Crippen LogP contribution in [0.2, 0.25) is 0 Å². The first-order valence-corrected chi connectivity index (χ1v) is 11.2. The maximum Gasteiger partial charge on any atom is 0.418 e. The van der Waals surface area contributed by atoms with E-state index in [0.29, 0.717) is 11.0 Å². The van der Waals surface area contributed by atoms with Crippen molar-refractivity contribution in [3.05, 3.63) is 60.2 Å². The summed E-state index contributed by atoms with van der Waals surface area (Å²) in [6, 6.07) is 14.6. The fourth-order valence-electron chi connectivity index (χ4n) is 4.44. The predicted octanol–water partition coefficient (Wildman–Crippen LogP) is 4.93. The molecule has 1 aromatic heterocycles. The lowest BCUT2D eigenvalue weighted by Crippen LogP contribution is -2.56. The molecule has 1 unspecified atom stereocenters. The summed E-state index contributed by atoms with van der Waals surface area (Å²) < 4.78 is 42.0. The van der Waals surface area contributed by atoms with Gasteiger partial charge in [0, 0.05) is 5.56 Å². The monoisotopic (exact) mass is 459 g/mol. The lowest BCUT2D eigenvalue weighted by atomic mass is 9.92. The molecule has 0 radical (unpaired) electrons. The molecule has 1 aliphatic carbocycles. The number of thioether (sulfide) groups is 1. The molecule has 1 aliphatic heterocycles. The van der Waals surface area contributed by atoms with E-state index in [-0.39, 0.29) is 5.69 Å². The number of rotatable bonds is 3. The Bertz CT molecular complexity index is 1140. The number of alkyl halides is 3. The van der Waals surface area contributed by atoms with Crippen LogP contribution in [-0.4, -0.2) is 31.6 Å². The average Bonchev–Trinajstić information content (AvgIpc) is 3.41. The van der Waals surface area contributed by atoms with E-state index >= 15 is 0 Å². The van der Waals surface area contributed by atoms with Gasteiger partial charge in [0.25, 0.3) is 0 Å². The zero-order chi connectivity index (χ0) is 22.3. The van der Waals surface area contributed by atoms with Crippen molar-refractivity contribution < 1.29 is 18.0 Å². The van der Waals surface area contributed by atoms with Crippen LogP contribution in [0, 0.1) is 0 Å². The number of carbonyl (C=O) groups is 1. The van der Waals surface area contributed by atoms with E-state index in [0.717, 1.165) is 37.3 Å². The highest BCUT2D eigenvalue weighted by molar-refractivity contribution is 8.00. The summed E-state index contributed by atoms with van der Waals surface area (Å²) in [4.78, 5) is 13.3. The molecular weight excluding hydrogens is 439 g/mol. The Morgan fingerprint density at radius 1 is 1.06 bits per heavy atom. The first-order chi connectivity index (χ1) is 15.4. The quantitative estimate of drug-likeness (QED) is 0.581. The Balaban J connectivity index is 1.48. The molecule has 166 valence electrons. The summed E-state index contributed by atoms with van der Waals surface area (Å²) in [6.07, 6.45) is -1.25. The van der Waals surface area contributed by atoms with Crippen LogP contribution >= 0.6 is 11.8 Å². The van der Waals surface area contributed by atoms with E-state index in [1.807, 2.05) is 30.3 Å². The molecule has 0 saturated heterocycles. The van der Waals surface area contributed by atoms with Crippen molar-refractivity contribution in [1.29, 1.82) is 0 Å². The van der Waals surface area contributed by atoms with Gasteiger partial charge in [-0.1, -0.05) is 67.1 Å². The van der Waals surface area contributed by atoms with E-state index < -0.39 is 28.4 Å². The number of anilines is 1. The van der Waals surface area contributed by atoms with Gasteiger partial charge in [-0.05, 0) is 25.0 Å². The van der Waals surface area contributed by atoms with Crippen molar-refractivity contribution in [3.8, 4) is 11.4 Å². The Kier molecular flexibility index (Phi) is 5.11. The number of para-hydroxylation sites is 1. The first kappa shape index (κ1) is 20.9. The van der Waals surface area contributed by atoms with Gasteiger partial charge in [0.1, 0.15) is 5.25 Å². The van der Waals surface area contributed by atoms with Crippen LogP contribution in [0.1, 0.15) is 31.2 Å². The molecule has 2 N–H and O–H groups in total. The number of halogens is 3. The molecule has 0 bridgehead atoms. The topological polar surface area (TPSA) is 71.8 Å². The zero-order valence-electron chi connectivity index (χ0n) is 16.9. The van der Waals surface area contributed by atoms with E-state index in [1.54, 1.807) is 4.68 Å². The molecule has 3 aromatic rings. The van der Waals surface area contributed by atoms with Gasteiger partial charge in [-0.2, -0.15) is 13.2 Å². The molecule has 2 heterocycles. The standard InChI is InChI=1S/C22H20F3N5OS/c23-22(24,25)15-10-4-5-11-16(15)26-19(31)17-21(12-6-7-13-21)29-30-18(27-28-20(30)32-17)14-8-2-1-3-9-14/h1-5,8-11,17,29H,6-7,12-13H2,(H,26,31). The van der Waals surface area contributed by atoms with E-state index in [9.17, 15) is 18.0 Å². The largest absolute Gasteiger partial charge is 0.418 e. The second-order valence-electron chi connectivity index (χ2n) is 8.01. The van der Waals surface area contributed by atoms with Gasteiger partial charge in [0.2, 0.25) is 11.1 Å². The molecule has 32 heavy (non-hydrogen) atoms. The summed E-state index contributed by atoms with van der Waals surface area (Å²) in [5.74, 6) is 0.164. The number of benzene rings is 2. The van der Waals surface area contributed by atoms with Crippen LogP contribution in [0.3, 0.4) is 0 Å². The summed E-state index contributed by atoms with van der Waals surface area (Å²) in [7, 11) is 0. The molecular formula is C22H20F3N5OS. The summed E-state index contributed by atoms with van der Waals surface area (Å²) in [5.41, 5.74) is 2.65. The Labute approximate surface area is 186 Å². The molecule has 2 aromatic carbocycles. The van der Waals surface area contributed by atoms with Crippen molar-refractivity contribution in [2.24, 2.45) is 0 Å². The molecule has 2 aliphatic rings. The van der Waals surface area contributed by atoms with Crippen LogP contribution in [-0.2, 0) is 11.0 Å². The van der Waals surface area contributed by atoms with Gasteiger partial charge in [-0.15, -0.1) is 10.2 Å². The Morgan fingerprint density at radius 2 is 1.75 bits per heavy atom. The maximum absolute atomic E-state index is 13.4. The van der Waals surface area contributed by atoms with Crippen molar-refractivity contribution in [1.82, 2.24) is 14.9 Å². The first-order valence-electron chi connectivity index (χ1n) is 10.3. The predicted molar refractivity (Wildman–Crippen MR) is 116 cm³/mol. The number of hydrogen-bond acceptors (Lipinski definition) is 5. The molecule has 1 spiro atoms. The summed E-state index contributed by atoms with van der Waals surface area (Å²) in [5, 5.41) is 10.9. The number of hydrogen-bond donors (Lipinski definition) is 2. The number of fused-ring (bicyclic) bond motifs is 1. The molecule has 6 nitrogen and oxygen atoms in total. The summed E-state index contributed by atoms with van der Waals surface area (Å²) >= 11 is 1.24. The molecule has 10 heteroatoms. The van der Waals surface area contributed by atoms with E-state index in [2.05, 4.69) is 20.9 Å². The van der Waals surface area contributed by atoms with Gasteiger partial charge >= 0.3 is 6.18 Å². The van der Waals surface area contributed by atoms with Crippen molar-refractivity contribution in [3.63, 3.8) is 0 Å². The summed E-state index contributed by atoms with van der Waals surface area (Å²) in [6.45, 7) is 0. The maximum atomic E-state index is 13.4. The number of nitrogens with zero attached hydrogens (tertiary/aromatic N) is 3. The fourth-order valence-corrected chi connectivity index (χ4v) is 5.66. The van der Waals surface area contributed by atoms with Crippen LogP contribution in [0.5, 0.6) is 0 Å². The number of nitrogens with one attached hydrogen (secondary N) is 2. The third-order valence-electron chi connectivity index (χ3n) is 5.95. The van der Waals surface area contributed by atoms with Crippen molar-refractivity contribution in [2.45, 2.75) is 47.8 Å². The minimum Gasteiger partial charge on any atom is -0.324 e. The van der Waals surface area contributed by atoms with Gasteiger partial charge < -0.3 is 10.7 Å². The fraction of sp³-hybridized carbons (Fsp3) is 0.318. The lowest BCUT2D eigenvalue weighted by Gasteiger charge is -2.41. The minimum absolute atomic E-state index is 0.240. The molecule has 5 rings (SSSR count). The molecule has 1 amide bonds. The van der Waals surface area contributed by atoms with Crippen LogP contribution < -0.4 is 10.7 Å². The molecule has 1 atom stereocenters. The number of carbonyl (C=O) groups excluding carboxylic acids is 1. The number of aromatic nitrogens is 3. The van der Waals surface area contributed by atoms with Gasteiger partial charge in [-0.3, -0.25) is 4.79 Å². The van der Waals surface area contributed by atoms with Gasteiger partial charge in [0.05, 0.1) is 16.8 Å². The van der Waals surface area contributed by atoms with Gasteiger partial charge in [-0.25, -0.2) is 4.68 Å². The Morgan fingerprint density at radius 3 is 2.47 bits per heavy atom. The smallest absolute Gasteiger partial charge is 0.324 e. The van der Waals surface area contributed by atoms with Crippen LogP contribution in [0.4, 0.5) is 18.9 Å². The van der Waals surface area contributed by atoms with Gasteiger partial charge in [0.15, 0.2) is 5.82 Å². The van der Waals surface area contributed by atoms with E-state index in [1.165, 1.54) is 30.0 Å². The van der Waals surface area contributed by atoms with Crippen molar-refractivity contribution >= 4 is 23.4 Å². The minimum atomic E-state index is -4.56. The van der Waals surface area contributed by atoms with Crippen LogP contribution in [0.15, 0.2) is 59.8 Å². The highest BCUT2D eigenvalue weighted by Crippen LogP contribution is 2.46. The normalized spacial score (nSPS) is 19.4. The third kappa shape index (κ3) is 3.62. The SMILES string of the molecule is O=C(Nc1ccccc1C(F)(F)F)C1Sc2nnc(-c3ccccc3)n2NC12CCCC2. The zero-order valence-corrected chi connectivity index (χ0v) is 17.7. The second kappa shape index (κ2) is 7.84. The highest BCUT2D eigenvalue weighted by atomic mass is 32.2. The third-order valence-corrected chi connectivity index (χ3v) is 7.33. The van der Waals surface area contributed by atoms with E-state index in [4.69, 9.17) is 0 Å². The Hall–Kier alpha value is -3.01. The van der Waals surface area contributed by atoms with Crippen LogP contribution in [0.25, 0.3) is 11.4 Å². The highest BCUT2D eigenvalue weighted by Gasteiger charge is 2.50. The van der Waals surface area contributed by atoms with Crippen molar-refractivity contribution in [2.75, 3.05) is 10.7 Å². The molecule has 1 fully saturated rings. The second-order valence-corrected chi connectivity index (χ2v) is 9.09. The average molecular weight is 459 g/mol.